The summed E-state index contributed by atoms with van der Waals surface area (Å²) in [5.41, 5.74) is 0.334. The van der Waals surface area contributed by atoms with Gasteiger partial charge in [0.1, 0.15) is 5.82 Å². The fraction of sp³-hybridized carbons (Fsp3) is 0.462. The lowest BCUT2D eigenvalue weighted by molar-refractivity contribution is 0.0943. The molecule has 0 aliphatic rings. The summed E-state index contributed by atoms with van der Waals surface area (Å²) < 4.78 is 13.5. The highest BCUT2D eigenvalue weighted by molar-refractivity contribution is 9.10. The maximum absolute atomic E-state index is 13.2. The minimum Gasteiger partial charge on any atom is -0.352 e. The third-order valence-corrected chi connectivity index (χ3v) is 3.72. The molecule has 1 aromatic rings. The molecule has 1 rings (SSSR count). The van der Waals surface area contributed by atoms with E-state index in [0.29, 0.717) is 23.9 Å². The van der Waals surface area contributed by atoms with E-state index in [0.717, 1.165) is 0 Å². The smallest absolute Gasteiger partial charge is 0.252 e. The lowest BCUT2D eigenvalue weighted by atomic mass is 9.98. The summed E-state index contributed by atoms with van der Waals surface area (Å²) in [5, 5.41) is 2.81. The Balaban J connectivity index is 2.68. The molecule has 0 saturated heterocycles. The van der Waals surface area contributed by atoms with Crippen molar-refractivity contribution < 1.29 is 9.18 Å². The van der Waals surface area contributed by atoms with Crippen LogP contribution in [0.3, 0.4) is 0 Å². The van der Waals surface area contributed by atoms with E-state index < -0.39 is 5.82 Å². The zero-order chi connectivity index (χ0) is 13.0. The second-order valence-corrected chi connectivity index (χ2v) is 5.33. The number of hydrogen-bond donors (Lipinski definition) is 1. The molecule has 0 aliphatic heterocycles. The number of carbonyl (C=O) groups excluding carboxylic acids is 1. The van der Waals surface area contributed by atoms with Crippen molar-refractivity contribution in [3.8, 4) is 0 Å². The molecule has 1 N–H and O–H groups in total. The van der Waals surface area contributed by atoms with Crippen LogP contribution in [-0.4, -0.2) is 12.5 Å². The van der Waals surface area contributed by atoms with Crippen molar-refractivity contribution in [3.63, 3.8) is 0 Å². The highest BCUT2D eigenvalue weighted by Crippen LogP contribution is 2.20. The van der Waals surface area contributed by atoms with Crippen LogP contribution in [0.1, 0.15) is 31.1 Å². The van der Waals surface area contributed by atoms with Crippen LogP contribution in [0.15, 0.2) is 22.7 Å². The van der Waals surface area contributed by atoms with Crippen molar-refractivity contribution in [1.82, 2.24) is 5.32 Å². The first-order chi connectivity index (χ1) is 7.93. The number of amides is 1. The number of hydrogen-bond acceptors (Lipinski definition) is 1. The Bertz CT molecular complexity index is 406. The van der Waals surface area contributed by atoms with Gasteiger partial charge in [0, 0.05) is 6.54 Å². The fourth-order valence-corrected chi connectivity index (χ4v) is 1.71. The van der Waals surface area contributed by atoms with Crippen LogP contribution < -0.4 is 5.32 Å². The van der Waals surface area contributed by atoms with Gasteiger partial charge < -0.3 is 5.32 Å². The van der Waals surface area contributed by atoms with Gasteiger partial charge in [-0.1, -0.05) is 26.8 Å². The minimum atomic E-state index is -0.422. The van der Waals surface area contributed by atoms with Gasteiger partial charge in [0.25, 0.3) is 5.91 Å². The van der Waals surface area contributed by atoms with Gasteiger partial charge >= 0.3 is 0 Å². The SMILES string of the molecule is CC(C)C(C)CNC(=O)c1cccc(F)c1Br. The fourth-order valence-electron chi connectivity index (χ4n) is 1.26. The number of carbonyl (C=O) groups is 1. The van der Waals surface area contributed by atoms with E-state index in [2.05, 4.69) is 42.0 Å². The molecular weight excluding hydrogens is 285 g/mol. The molecule has 0 saturated carbocycles. The molecule has 0 fully saturated rings. The van der Waals surface area contributed by atoms with Crippen LogP contribution in [0.5, 0.6) is 0 Å². The number of halogens is 2. The Morgan fingerprint density at radius 3 is 2.65 bits per heavy atom. The third-order valence-electron chi connectivity index (χ3n) is 2.92. The van der Waals surface area contributed by atoms with E-state index in [1.165, 1.54) is 12.1 Å². The zero-order valence-electron chi connectivity index (χ0n) is 10.3. The second-order valence-electron chi connectivity index (χ2n) is 4.53. The average molecular weight is 302 g/mol. The van der Waals surface area contributed by atoms with Gasteiger partial charge in [-0.2, -0.15) is 0 Å². The zero-order valence-corrected chi connectivity index (χ0v) is 11.8. The normalized spacial score (nSPS) is 12.6. The summed E-state index contributed by atoms with van der Waals surface area (Å²) >= 11 is 3.08. The lowest BCUT2D eigenvalue weighted by Gasteiger charge is -2.16. The van der Waals surface area contributed by atoms with Gasteiger partial charge in [0.05, 0.1) is 10.0 Å². The Morgan fingerprint density at radius 1 is 1.41 bits per heavy atom. The van der Waals surface area contributed by atoms with Crippen LogP contribution in [0.25, 0.3) is 0 Å². The molecule has 17 heavy (non-hydrogen) atoms. The van der Waals surface area contributed by atoms with E-state index in [9.17, 15) is 9.18 Å². The Labute approximate surface area is 110 Å². The summed E-state index contributed by atoms with van der Waals surface area (Å²) in [5.74, 6) is 0.232. The molecule has 0 spiro atoms. The van der Waals surface area contributed by atoms with Crippen molar-refractivity contribution in [3.05, 3.63) is 34.1 Å². The first kappa shape index (κ1) is 14.2. The van der Waals surface area contributed by atoms with Crippen LogP contribution in [0.2, 0.25) is 0 Å². The Hall–Kier alpha value is -0.900. The third kappa shape index (κ3) is 3.80. The first-order valence-corrected chi connectivity index (χ1v) is 6.45. The van der Waals surface area contributed by atoms with Gasteiger partial charge in [0.2, 0.25) is 0 Å². The molecule has 0 bridgehead atoms. The van der Waals surface area contributed by atoms with Gasteiger partial charge in [0.15, 0.2) is 0 Å². The lowest BCUT2D eigenvalue weighted by Crippen LogP contribution is -2.30. The molecule has 1 aromatic carbocycles. The second kappa shape index (κ2) is 6.15. The minimum absolute atomic E-state index is 0.217. The molecular formula is C13H17BrFNO. The molecule has 0 aliphatic carbocycles. The number of nitrogens with one attached hydrogen (secondary N) is 1. The predicted octanol–water partition coefficient (Wildman–Crippen LogP) is 3.61. The largest absolute Gasteiger partial charge is 0.352 e. The summed E-state index contributed by atoms with van der Waals surface area (Å²) in [6.07, 6.45) is 0. The summed E-state index contributed by atoms with van der Waals surface area (Å²) in [6.45, 7) is 6.88. The van der Waals surface area contributed by atoms with E-state index in [1.807, 2.05) is 0 Å². The monoisotopic (exact) mass is 301 g/mol. The Morgan fingerprint density at radius 2 is 2.06 bits per heavy atom. The molecule has 1 amide bonds. The van der Waals surface area contributed by atoms with E-state index in [-0.39, 0.29) is 10.4 Å². The summed E-state index contributed by atoms with van der Waals surface area (Å²) in [6, 6.07) is 4.45. The predicted molar refractivity (Wildman–Crippen MR) is 70.4 cm³/mol. The van der Waals surface area contributed by atoms with Gasteiger partial charge in [-0.3, -0.25) is 4.79 Å². The molecule has 0 aromatic heterocycles. The van der Waals surface area contributed by atoms with Gasteiger partial charge in [-0.15, -0.1) is 0 Å². The molecule has 1 unspecified atom stereocenters. The standard InChI is InChI=1S/C13H17BrFNO/c1-8(2)9(3)7-16-13(17)10-5-4-6-11(15)12(10)14/h4-6,8-9H,7H2,1-3H3,(H,16,17). The van der Waals surface area contributed by atoms with E-state index in [1.54, 1.807) is 6.07 Å². The quantitative estimate of drug-likeness (QED) is 0.904. The molecule has 94 valence electrons. The summed E-state index contributed by atoms with van der Waals surface area (Å²) in [4.78, 5) is 11.8. The van der Waals surface area contributed by atoms with E-state index in [4.69, 9.17) is 0 Å². The van der Waals surface area contributed by atoms with Gasteiger partial charge in [-0.25, -0.2) is 4.39 Å². The van der Waals surface area contributed by atoms with Crippen LogP contribution in [0, 0.1) is 17.7 Å². The summed E-state index contributed by atoms with van der Waals surface area (Å²) in [7, 11) is 0. The molecule has 1 atom stereocenters. The average Bonchev–Trinajstić information content (AvgIpc) is 2.29. The van der Waals surface area contributed by atoms with Crippen LogP contribution in [0.4, 0.5) is 4.39 Å². The maximum Gasteiger partial charge on any atom is 0.252 e. The Kier molecular flexibility index (Phi) is 5.12. The highest BCUT2D eigenvalue weighted by Gasteiger charge is 2.14. The number of benzene rings is 1. The molecule has 0 heterocycles. The first-order valence-electron chi connectivity index (χ1n) is 5.65. The van der Waals surface area contributed by atoms with Gasteiger partial charge in [-0.05, 0) is 39.9 Å². The topological polar surface area (TPSA) is 29.1 Å². The van der Waals surface area contributed by atoms with E-state index >= 15 is 0 Å². The molecule has 0 radical (unpaired) electrons. The van der Waals surface area contributed by atoms with Crippen LogP contribution >= 0.6 is 15.9 Å². The van der Waals surface area contributed by atoms with Crippen molar-refractivity contribution in [2.75, 3.05) is 6.54 Å². The maximum atomic E-state index is 13.2. The number of rotatable bonds is 4. The van der Waals surface area contributed by atoms with Crippen molar-refractivity contribution in [2.45, 2.75) is 20.8 Å². The van der Waals surface area contributed by atoms with Crippen molar-refractivity contribution in [1.29, 1.82) is 0 Å². The van der Waals surface area contributed by atoms with Crippen LogP contribution in [-0.2, 0) is 0 Å². The molecule has 2 nitrogen and oxygen atoms in total. The molecule has 4 heteroatoms. The van der Waals surface area contributed by atoms with Crippen molar-refractivity contribution >= 4 is 21.8 Å². The van der Waals surface area contributed by atoms with Crippen molar-refractivity contribution in [2.24, 2.45) is 11.8 Å². The highest BCUT2D eigenvalue weighted by atomic mass is 79.9.